The van der Waals surface area contributed by atoms with Gasteiger partial charge >= 0.3 is 5.82 Å². The molecular weight excluding hydrogens is 322 g/mol. The number of halogens is 1. The van der Waals surface area contributed by atoms with Gasteiger partial charge in [-0.25, -0.2) is 0 Å². The lowest BCUT2D eigenvalue weighted by Crippen LogP contribution is -2.28. The van der Waals surface area contributed by atoms with E-state index in [1.165, 1.54) is 6.07 Å². The molecule has 0 aliphatic carbocycles. The molecule has 23 heavy (non-hydrogen) atoms. The second kappa shape index (κ2) is 7.55. The van der Waals surface area contributed by atoms with E-state index in [0.29, 0.717) is 10.7 Å². The van der Waals surface area contributed by atoms with Gasteiger partial charge in [-0.2, -0.15) is 0 Å². The zero-order valence-corrected chi connectivity index (χ0v) is 13.0. The number of nitro groups is 1. The summed E-state index contributed by atoms with van der Waals surface area (Å²) in [6.45, 7) is 1.53. The zero-order valence-electron chi connectivity index (χ0n) is 12.3. The highest BCUT2D eigenvalue weighted by Crippen LogP contribution is 2.24. The van der Waals surface area contributed by atoms with Gasteiger partial charge in [-0.3, -0.25) is 4.79 Å². The standard InChI is InChI=1S/C15H14ClN3O4/c1-10-6-7-13(15(18-10)19(21)22)23-9-14(20)17-8-11-4-2-3-5-12(11)16/h2-7H,8-9H2,1H3,(H,17,20). The van der Waals surface area contributed by atoms with Crippen LogP contribution < -0.4 is 10.1 Å². The third kappa shape index (κ3) is 4.65. The summed E-state index contributed by atoms with van der Waals surface area (Å²) in [5, 5.41) is 14.1. The SMILES string of the molecule is Cc1ccc(OCC(=O)NCc2ccccc2Cl)c([N+](=O)[O-])n1. The number of benzene rings is 1. The first-order valence-corrected chi connectivity index (χ1v) is 7.10. The van der Waals surface area contributed by atoms with E-state index in [-0.39, 0.29) is 18.9 Å². The van der Waals surface area contributed by atoms with Gasteiger partial charge in [0.25, 0.3) is 5.91 Å². The van der Waals surface area contributed by atoms with Crippen LogP contribution in [0.5, 0.6) is 5.75 Å². The van der Waals surface area contributed by atoms with Gasteiger partial charge in [0.05, 0.1) is 0 Å². The van der Waals surface area contributed by atoms with Crippen LogP contribution in [0.2, 0.25) is 5.02 Å². The highest BCUT2D eigenvalue weighted by Gasteiger charge is 2.18. The van der Waals surface area contributed by atoms with Crippen LogP contribution in [0, 0.1) is 17.0 Å². The molecule has 1 heterocycles. The van der Waals surface area contributed by atoms with Crippen LogP contribution in [0.4, 0.5) is 5.82 Å². The molecule has 8 heteroatoms. The predicted octanol–water partition coefficient (Wildman–Crippen LogP) is 2.65. The molecule has 2 aromatic rings. The molecule has 0 spiro atoms. The second-order valence-corrected chi connectivity index (χ2v) is 5.10. The monoisotopic (exact) mass is 335 g/mol. The van der Waals surface area contributed by atoms with Crippen molar-refractivity contribution < 1.29 is 14.5 Å². The quantitative estimate of drug-likeness (QED) is 0.647. The molecule has 0 saturated carbocycles. The van der Waals surface area contributed by atoms with Gasteiger partial charge in [0.1, 0.15) is 5.69 Å². The van der Waals surface area contributed by atoms with Gasteiger partial charge in [-0.15, -0.1) is 0 Å². The van der Waals surface area contributed by atoms with E-state index in [1.54, 1.807) is 31.2 Å². The molecule has 0 radical (unpaired) electrons. The first-order chi connectivity index (χ1) is 11.0. The second-order valence-electron chi connectivity index (χ2n) is 4.69. The minimum atomic E-state index is -0.649. The fourth-order valence-electron chi connectivity index (χ4n) is 1.80. The molecule has 0 unspecified atom stereocenters. The predicted molar refractivity (Wildman–Crippen MR) is 84.4 cm³/mol. The average molecular weight is 336 g/mol. The molecule has 7 nitrogen and oxygen atoms in total. The summed E-state index contributed by atoms with van der Waals surface area (Å²) in [4.78, 5) is 25.8. The Kier molecular flexibility index (Phi) is 5.48. The van der Waals surface area contributed by atoms with Crippen LogP contribution in [-0.4, -0.2) is 22.4 Å². The summed E-state index contributed by atoms with van der Waals surface area (Å²) in [7, 11) is 0. The molecule has 0 aliphatic heterocycles. The minimum Gasteiger partial charge on any atom is -0.476 e. The van der Waals surface area contributed by atoms with Crippen molar-refractivity contribution in [1.29, 1.82) is 0 Å². The molecule has 2 rings (SSSR count). The van der Waals surface area contributed by atoms with E-state index in [9.17, 15) is 14.9 Å². The van der Waals surface area contributed by atoms with Crippen molar-refractivity contribution in [2.45, 2.75) is 13.5 Å². The molecule has 1 aromatic heterocycles. The number of carbonyl (C=O) groups excluding carboxylic acids is 1. The van der Waals surface area contributed by atoms with E-state index in [2.05, 4.69) is 10.3 Å². The maximum absolute atomic E-state index is 11.8. The minimum absolute atomic E-state index is 0.0477. The largest absolute Gasteiger partial charge is 0.476 e. The lowest BCUT2D eigenvalue weighted by atomic mass is 10.2. The summed E-state index contributed by atoms with van der Waals surface area (Å²) in [5.41, 5.74) is 1.26. The number of rotatable bonds is 6. The molecule has 1 amide bonds. The topological polar surface area (TPSA) is 94.4 Å². The molecule has 0 bridgehead atoms. The van der Waals surface area contributed by atoms with Crippen LogP contribution in [0.3, 0.4) is 0 Å². The fraction of sp³-hybridized carbons (Fsp3) is 0.200. The van der Waals surface area contributed by atoms with E-state index >= 15 is 0 Å². The lowest BCUT2D eigenvalue weighted by Gasteiger charge is -2.08. The van der Waals surface area contributed by atoms with Crippen molar-refractivity contribution in [3.05, 3.63) is 62.8 Å². The Morgan fingerprint density at radius 1 is 1.35 bits per heavy atom. The van der Waals surface area contributed by atoms with Gasteiger partial charge in [-0.05, 0) is 33.7 Å². The van der Waals surface area contributed by atoms with E-state index in [4.69, 9.17) is 16.3 Å². The van der Waals surface area contributed by atoms with Crippen molar-refractivity contribution in [3.63, 3.8) is 0 Å². The van der Waals surface area contributed by atoms with Crippen molar-refractivity contribution in [3.8, 4) is 5.75 Å². The van der Waals surface area contributed by atoms with Crippen molar-refractivity contribution in [2.24, 2.45) is 0 Å². The smallest absolute Gasteiger partial charge is 0.406 e. The number of hydrogen-bond acceptors (Lipinski definition) is 5. The summed E-state index contributed by atoms with van der Waals surface area (Å²) in [6.07, 6.45) is 0. The Labute approximate surface area is 137 Å². The molecule has 1 N–H and O–H groups in total. The number of aryl methyl sites for hydroxylation is 1. The number of pyridine rings is 1. The van der Waals surface area contributed by atoms with Gasteiger partial charge in [0.15, 0.2) is 6.61 Å². The van der Waals surface area contributed by atoms with E-state index < -0.39 is 16.6 Å². The summed E-state index contributed by atoms with van der Waals surface area (Å²) >= 11 is 5.99. The van der Waals surface area contributed by atoms with Crippen molar-refractivity contribution in [1.82, 2.24) is 10.3 Å². The number of amides is 1. The molecule has 120 valence electrons. The molecule has 0 aliphatic rings. The normalized spacial score (nSPS) is 10.2. The third-order valence-electron chi connectivity index (χ3n) is 2.94. The highest BCUT2D eigenvalue weighted by atomic mass is 35.5. The third-order valence-corrected chi connectivity index (χ3v) is 3.31. The van der Waals surface area contributed by atoms with Crippen molar-refractivity contribution in [2.75, 3.05) is 6.61 Å². The van der Waals surface area contributed by atoms with Crippen LogP contribution in [0.25, 0.3) is 0 Å². The average Bonchev–Trinajstić information content (AvgIpc) is 2.52. The first-order valence-electron chi connectivity index (χ1n) is 6.72. The summed E-state index contributed by atoms with van der Waals surface area (Å²) in [6, 6.07) is 10.1. The molecule has 0 saturated heterocycles. The van der Waals surface area contributed by atoms with Crippen LogP contribution in [-0.2, 0) is 11.3 Å². The van der Waals surface area contributed by atoms with Crippen LogP contribution in [0.15, 0.2) is 36.4 Å². The van der Waals surface area contributed by atoms with Gasteiger partial charge in [0.2, 0.25) is 5.75 Å². The van der Waals surface area contributed by atoms with Gasteiger partial charge in [-0.1, -0.05) is 29.8 Å². The number of carbonyl (C=O) groups is 1. The van der Waals surface area contributed by atoms with E-state index in [1.807, 2.05) is 6.07 Å². The van der Waals surface area contributed by atoms with Crippen LogP contribution >= 0.6 is 11.6 Å². The summed E-state index contributed by atoms with van der Waals surface area (Å²) in [5.74, 6) is -0.878. The number of nitrogens with zero attached hydrogens (tertiary/aromatic N) is 2. The van der Waals surface area contributed by atoms with Crippen LogP contribution in [0.1, 0.15) is 11.3 Å². The maximum Gasteiger partial charge on any atom is 0.406 e. The number of aromatic nitrogens is 1. The van der Waals surface area contributed by atoms with Gasteiger partial charge in [0, 0.05) is 18.5 Å². The highest BCUT2D eigenvalue weighted by molar-refractivity contribution is 6.31. The zero-order chi connectivity index (χ0) is 16.8. The van der Waals surface area contributed by atoms with E-state index in [0.717, 1.165) is 5.56 Å². The fourth-order valence-corrected chi connectivity index (χ4v) is 2.01. The number of ether oxygens (including phenoxy) is 1. The Morgan fingerprint density at radius 3 is 2.78 bits per heavy atom. The summed E-state index contributed by atoms with van der Waals surface area (Å²) < 4.78 is 5.18. The lowest BCUT2D eigenvalue weighted by molar-refractivity contribution is -0.390. The first kappa shape index (κ1) is 16.7. The Hall–Kier alpha value is -2.67. The molecule has 1 aromatic carbocycles. The van der Waals surface area contributed by atoms with Crippen molar-refractivity contribution >= 4 is 23.3 Å². The number of hydrogen-bond donors (Lipinski definition) is 1. The maximum atomic E-state index is 11.8. The number of nitrogens with one attached hydrogen (secondary N) is 1. The Bertz CT molecular complexity index is 736. The van der Waals surface area contributed by atoms with Gasteiger partial charge < -0.3 is 20.2 Å². The molecule has 0 atom stereocenters. The molecular formula is C15H14ClN3O4. The Morgan fingerprint density at radius 2 is 2.09 bits per heavy atom. The molecule has 0 fully saturated rings. The Balaban J connectivity index is 1.92.